The number of amides is 3. The predicted octanol–water partition coefficient (Wildman–Crippen LogP) is 4.04. The van der Waals surface area contributed by atoms with E-state index < -0.39 is 17.6 Å². The Bertz CT molecular complexity index is 1030. The second-order valence-corrected chi connectivity index (χ2v) is 8.18. The van der Waals surface area contributed by atoms with Crippen molar-refractivity contribution in [2.75, 3.05) is 24.5 Å². The van der Waals surface area contributed by atoms with Gasteiger partial charge in [-0.1, -0.05) is 12.5 Å². The van der Waals surface area contributed by atoms with E-state index in [1.807, 2.05) is 0 Å². The molecule has 6 nitrogen and oxygen atoms in total. The van der Waals surface area contributed by atoms with Crippen LogP contribution in [0.5, 0.6) is 0 Å². The molecule has 0 spiro atoms. The van der Waals surface area contributed by atoms with E-state index in [1.54, 1.807) is 6.07 Å². The van der Waals surface area contributed by atoms with Gasteiger partial charge < -0.3 is 10.2 Å². The molecule has 32 heavy (non-hydrogen) atoms. The van der Waals surface area contributed by atoms with Crippen molar-refractivity contribution in [3.8, 4) is 0 Å². The molecule has 8 heteroatoms. The first-order valence-electron chi connectivity index (χ1n) is 10.8. The number of carbonyl (C=O) groups excluding carboxylic acids is 3. The van der Waals surface area contributed by atoms with Crippen LogP contribution >= 0.6 is 12.4 Å². The topological polar surface area (TPSA) is 69.7 Å². The SMILES string of the molecule is CC1CCCCN1CCCNC(=O)c1ccc2c(c1)C(=O)N(c1cccc(F)c1)C2=O.Cl. The molecule has 3 amide bonds. The summed E-state index contributed by atoms with van der Waals surface area (Å²) in [5, 5.41) is 2.90. The zero-order valence-electron chi connectivity index (χ0n) is 18.0. The molecule has 1 atom stereocenters. The number of rotatable bonds is 6. The van der Waals surface area contributed by atoms with Gasteiger partial charge in [-0.15, -0.1) is 12.4 Å². The monoisotopic (exact) mass is 459 g/mol. The highest BCUT2D eigenvalue weighted by atomic mass is 35.5. The summed E-state index contributed by atoms with van der Waals surface area (Å²) in [5.74, 6) is -1.89. The minimum Gasteiger partial charge on any atom is -0.352 e. The van der Waals surface area contributed by atoms with Gasteiger partial charge in [0.25, 0.3) is 17.7 Å². The number of benzene rings is 2. The zero-order chi connectivity index (χ0) is 22.0. The summed E-state index contributed by atoms with van der Waals surface area (Å²) in [7, 11) is 0. The molecule has 1 unspecified atom stereocenters. The van der Waals surface area contributed by atoms with E-state index in [1.165, 1.54) is 49.6 Å². The number of halogens is 2. The van der Waals surface area contributed by atoms with Crippen molar-refractivity contribution in [2.45, 2.75) is 38.6 Å². The van der Waals surface area contributed by atoms with Gasteiger partial charge in [-0.3, -0.25) is 14.4 Å². The maximum atomic E-state index is 13.6. The first-order chi connectivity index (χ1) is 15.0. The molecule has 0 saturated carbocycles. The van der Waals surface area contributed by atoms with Crippen molar-refractivity contribution in [2.24, 2.45) is 0 Å². The Morgan fingerprint density at radius 3 is 2.62 bits per heavy atom. The van der Waals surface area contributed by atoms with Crippen LogP contribution in [-0.4, -0.2) is 48.3 Å². The van der Waals surface area contributed by atoms with E-state index in [9.17, 15) is 18.8 Å². The standard InChI is InChI=1S/C24H26FN3O3.ClH/c1-16-6-2-3-12-27(16)13-5-11-26-22(29)17-9-10-20-21(14-17)24(31)28(23(20)30)19-8-4-7-18(25)15-19;/h4,7-10,14-16H,2-3,5-6,11-13H2,1H3,(H,26,29);1H. The fraction of sp³-hybridized carbons (Fsp3) is 0.375. The molecule has 1 saturated heterocycles. The average Bonchev–Trinajstić information content (AvgIpc) is 3.02. The second kappa shape index (κ2) is 10.2. The van der Waals surface area contributed by atoms with Crippen LogP contribution < -0.4 is 10.2 Å². The predicted molar refractivity (Wildman–Crippen MR) is 123 cm³/mol. The fourth-order valence-corrected chi connectivity index (χ4v) is 4.31. The van der Waals surface area contributed by atoms with Gasteiger partial charge >= 0.3 is 0 Å². The second-order valence-electron chi connectivity index (χ2n) is 8.18. The van der Waals surface area contributed by atoms with Gasteiger partial charge in [0.2, 0.25) is 0 Å². The number of likely N-dealkylation sites (tertiary alicyclic amines) is 1. The van der Waals surface area contributed by atoms with Crippen LogP contribution in [0, 0.1) is 5.82 Å². The molecule has 1 N–H and O–H groups in total. The van der Waals surface area contributed by atoms with E-state index >= 15 is 0 Å². The normalized spacial score (nSPS) is 18.3. The Kier molecular flexibility index (Phi) is 7.64. The summed E-state index contributed by atoms with van der Waals surface area (Å²) >= 11 is 0. The van der Waals surface area contributed by atoms with Gasteiger partial charge in [0.1, 0.15) is 5.82 Å². The Hall–Kier alpha value is -2.77. The highest BCUT2D eigenvalue weighted by Crippen LogP contribution is 2.29. The van der Waals surface area contributed by atoms with Gasteiger partial charge in [-0.05, 0) is 69.1 Å². The number of nitrogens with one attached hydrogen (secondary N) is 1. The number of piperidine rings is 1. The minimum atomic E-state index is -0.556. The highest BCUT2D eigenvalue weighted by Gasteiger charge is 2.37. The van der Waals surface area contributed by atoms with Gasteiger partial charge in [0.05, 0.1) is 16.8 Å². The number of hydrogen-bond donors (Lipinski definition) is 1. The molecule has 4 rings (SSSR count). The van der Waals surface area contributed by atoms with Crippen molar-refractivity contribution in [3.63, 3.8) is 0 Å². The van der Waals surface area contributed by atoms with Crippen molar-refractivity contribution in [3.05, 3.63) is 65.0 Å². The summed E-state index contributed by atoms with van der Waals surface area (Å²) in [6.07, 6.45) is 4.59. The molecular formula is C24H27ClFN3O3. The molecule has 2 aromatic rings. The summed E-state index contributed by atoms with van der Waals surface area (Å²) in [6, 6.07) is 10.4. The molecule has 0 bridgehead atoms. The Morgan fingerprint density at radius 1 is 1.09 bits per heavy atom. The van der Waals surface area contributed by atoms with Crippen molar-refractivity contribution < 1.29 is 18.8 Å². The van der Waals surface area contributed by atoms with Crippen molar-refractivity contribution in [1.29, 1.82) is 0 Å². The van der Waals surface area contributed by atoms with Crippen LogP contribution in [0.1, 0.15) is 63.7 Å². The molecule has 2 aliphatic rings. The number of carbonyl (C=O) groups is 3. The van der Waals surface area contributed by atoms with Gasteiger partial charge in [0, 0.05) is 24.7 Å². The highest BCUT2D eigenvalue weighted by molar-refractivity contribution is 6.34. The number of fused-ring (bicyclic) bond motifs is 1. The van der Waals surface area contributed by atoms with Gasteiger partial charge in [-0.25, -0.2) is 9.29 Å². The molecule has 2 aliphatic heterocycles. The van der Waals surface area contributed by atoms with E-state index in [0.717, 1.165) is 30.5 Å². The van der Waals surface area contributed by atoms with E-state index in [2.05, 4.69) is 17.1 Å². The van der Waals surface area contributed by atoms with Crippen LogP contribution in [-0.2, 0) is 0 Å². The van der Waals surface area contributed by atoms with Crippen LogP contribution in [0.2, 0.25) is 0 Å². The number of nitrogens with zero attached hydrogens (tertiary/aromatic N) is 2. The zero-order valence-corrected chi connectivity index (χ0v) is 18.8. The summed E-state index contributed by atoms with van der Waals surface area (Å²) in [4.78, 5) is 41.4. The molecule has 170 valence electrons. The average molecular weight is 460 g/mol. The third-order valence-corrected chi connectivity index (χ3v) is 6.06. The third kappa shape index (κ3) is 4.84. The van der Waals surface area contributed by atoms with E-state index in [-0.39, 0.29) is 35.1 Å². The molecule has 2 heterocycles. The lowest BCUT2D eigenvalue weighted by molar-refractivity contribution is 0.0923. The molecular weight excluding hydrogens is 433 g/mol. The van der Waals surface area contributed by atoms with Crippen LogP contribution in [0.15, 0.2) is 42.5 Å². The molecule has 1 fully saturated rings. The van der Waals surface area contributed by atoms with E-state index in [0.29, 0.717) is 18.2 Å². The number of hydrogen-bond acceptors (Lipinski definition) is 4. The molecule has 0 aromatic heterocycles. The van der Waals surface area contributed by atoms with Gasteiger partial charge in [0.15, 0.2) is 0 Å². The quantitative estimate of drug-likeness (QED) is 0.522. The molecule has 0 aliphatic carbocycles. The summed E-state index contributed by atoms with van der Waals surface area (Å²) < 4.78 is 13.6. The Labute approximate surface area is 193 Å². The lowest BCUT2D eigenvalue weighted by atomic mass is 10.0. The maximum Gasteiger partial charge on any atom is 0.266 e. The number of anilines is 1. The molecule has 2 aromatic carbocycles. The van der Waals surface area contributed by atoms with Crippen LogP contribution in [0.25, 0.3) is 0 Å². The Morgan fingerprint density at radius 2 is 1.88 bits per heavy atom. The largest absolute Gasteiger partial charge is 0.352 e. The lowest BCUT2D eigenvalue weighted by Gasteiger charge is -2.33. The molecule has 0 radical (unpaired) electrons. The van der Waals surface area contributed by atoms with E-state index in [4.69, 9.17) is 0 Å². The maximum absolute atomic E-state index is 13.6. The van der Waals surface area contributed by atoms with Crippen molar-refractivity contribution >= 4 is 35.8 Å². The first-order valence-corrected chi connectivity index (χ1v) is 10.8. The van der Waals surface area contributed by atoms with Crippen LogP contribution in [0.4, 0.5) is 10.1 Å². The minimum absolute atomic E-state index is 0. The number of imide groups is 1. The Balaban J connectivity index is 0.00000289. The fourth-order valence-electron chi connectivity index (χ4n) is 4.31. The van der Waals surface area contributed by atoms with Gasteiger partial charge in [-0.2, -0.15) is 0 Å². The summed E-state index contributed by atoms with van der Waals surface area (Å²) in [5.41, 5.74) is 0.866. The summed E-state index contributed by atoms with van der Waals surface area (Å²) in [6.45, 7) is 4.84. The third-order valence-electron chi connectivity index (χ3n) is 6.06. The smallest absolute Gasteiger partial charge is 0.266 e. The first kappa shape index (κ1) is 23.9. The lowest BCUT2D eigenvalue weighted by Crippen LogP contribution is -2.39. The van der Waals surface area contributed by atoms with Crippen molar-refractivity contribution in [1.82, 2.24) is 10.2 Å². The van der Waals surface area contributed by atoms with Crippen LogP contribution in [0.3, 0.4) is 0 Å².